The topological polar surface area (TPSA) is 29.3 Å². The minimum Gasteiger partial charge on any atom is -0.328 e. The van der Waals surface area contributed by atoms with Gasteiger partial charge in [-0.1, -0.05) is 12.8 Å². The Hall–Kier alpha value is -0.0800. The molecule has 82 valence electrons. The highest BCUT2D eigenvalue weighted by Gasteiger charge is 2.33. The fourth-order valence-corrected chi connectivity index (χ4v) is 3.07. The van der Waals surface area contributed by atoms with Crippen LogP contribution in [0.3, 0.4) is 0 Å². The number of hydrogen-bond acceptors (Lipinski definition) is 2. The van der Waals surface area contributed by atoms with Crippen molar-refractivity contribution in [1.82, 2.24) is 4.90 Å². The molecule has 1 aliphatic heterocycles. The number of rotatable bonds is 3. The third-order valence-corrected chi connectivity index (χ3v) is 3.95. The van der Waals surface area contributed by atoms with Crippen molar-refractivity contribution in [2.45, 2.75) is 45.1 Å². The van der Waals surface area contributed by atoms with Crippen molar-refractivity contribution in [2.75, 3.05) is 19.6 Å². The molecule has 0 aromatic rings. The number of nitrogens with two attached hydrogens (primary N) is 1. The van der Waals surface area contributed by atoms with Crippen LogP contribution in [0.4, 0.5) is 0 Å². The summed E-state index contributed by atoms with van der Waals surface area (Å²) in [6.45, 7) is 6.06. The predicted octanol–water partition coefficient (Wildman–Crippen LogP) is 1.85. The standard InChI is InChI=1S/C12H24N2/c1-10(13)6-7-14-8-11-4-2-3-5-12(11)9-14/h10-12H,2-9,13H2,1H3. The first kappa shape index (κ1) is 10.4. The lowest BCUT2D eigenvalue weighted by molar-refractivity contribution is 0.299. The molecule has 2 nitrogen and oxygen atoms in total. The Balaban J connectivity index is 1.75. The molecule has 0 spiro atoms. The first-order valence-electron chi connectivity index (χ1n) is 6.23. The summed E-state index contributed by atoms with van der Waals surface area (Å²) in [6, 6.07) is 0.373. The minimum atomic E-state index is 0.373. The van der Waals surface area contributed by atoms with Crippen LogP contribution in [0.1, 0.15) is 39.0 Å². The molecule has 2 fully saturated rings. The van der Waals surface area contributed by atoms with Crippen LogP contribution >= 0.6 is 0 Å². The molecule has 2 rings (SSSR count). The summed E-state index contributed by atoms with van der Waals surface area (Å²) >= 11 is 0. The zero-order valence-electron chi connectivity index (χ0n) is 9.41. The first-order chi connectivity index (χ1) is 6.75. The van der Waals surface area contributed by atoms with Gasteiger partial charge in [0, 0.05) is 19.1 Å². The molecule has 0 aromatic carbocycles. The fraction of sp³-hybridized carbons (Fsp3) is 1.00. The summed E-state index contributed by atoms with van der Waals surface area (Å²) in [4.78, 5) is 2.64. The van der Waals surface area contributed by atoms with E-state index in [1.54, 1.807) is 0 Å². The summed E-state index contributed by atoms with van der Waals surface area (Å²) in [5.41, 5.74) is 5.79. The molecule has 1 aliphatic carbocycles. The summed E-state index contributed by atoms with van der Waals surface area (Å²) < 4.78 is 0. The second kappa shape index (κ2) is 4.63. The third-order valence-electron chi connectivity index (χ3n) is 3.95. The van der Waals surface area contributed by atoms with E-state index in [-0.39, 0.29) is 0 Å². The molecule has 1 saturated heterocycles. The Kier molecular flexibility index (Phi) is 3.45. The van der Waals surface area contributed by atoms with Crippen LogP contribution in [0.25, 0.3) is 0 Å². The Morgan fingerprint density at radius 1 is 1.21 bits per heavy atom. The third kappa shape index (κ3) is 2.48. The molecule has 1 saturated carbocycles. The average molecular weight is 196 g/mol. The van der Waals surface area contributed by atoms with Crippen molar-refractivity contribution in [2.24, 2.45) is 17.6 Å². The molecular weight excluding hydrogens is 172 g/mol. The molecule has 2 aliphatic rings. The Morgan fingerprint density at radius 3 is 2.29 bits per heavy atom. The lowest BCUT2D eigenvalue weighted by Gasteiger charge is -2.23. The van der Waals surface area contributed by atoms with Crippen molar-refractivity contribution >= 4 is 0 Å². The monoisotopic (exact) mass is 196 g/mol. The van der Waals surface area contributed by atoms with Crippen LogP contribution in [0, 0.1) is 11.8 Å². The van der Waals surface area contributed by atoms with Crippen LogP contribution in [-0.4, -0.2) is 30.6 Å². The van der Waals surface area contributed by atoms with Crippen LogP contribution in [0.15, 0.2) is 0 Å². The molecule has 2 heteroatoms. The molecule has 0 radical (unpaired) electrons. The zero-order valence-corrected chi connectivity index (χ0v) is 9.41. The molecule has 0 amide bonds. The summed E-state index contributed by atoms with van der Waals surface area (Å²) in [6.07, 6.45) is 7.09. The summed E-state index contributed by atoms with van der Waals surface area (Å²) in [5.74, 6) is 2.05. The van der Waals surface area contributed by atoms with E-state index < -0.39 is 0 Å². The smallest absolute Gasteiger partial charge is 0.00226 e. The van der Waals surface area contributed by atoms with Gasteiger partial charge in [0.25, 0.3) is 0 Å². The van der Waals surface area contributed by atoms with Crippen LogP contribution in [0.2, 0.25) is 0 Å². The maximum absolute atomic E-state index is 5.79. The molecular formula is C12H24N2. The summed E-state index contributed by atoms with van der Waals surface area (Å²) in [5, 5.41) is 0. The SMILES string of the molecule is CC(N)CCN1CC2CCCCC2C1. The van der Waals surface area contributed by atoms with E-state index in [9.17, 15) is 0 Å². The average Bonchev–Trinajstić information content (AvgIpc) is 2.57. The number of likely N-dealkylation sites (tertiary alicyclic amines) is 1. The lowest BCUT2D eigenvalue weighted by atomic mass is 9.82. The number of fused-ring (bicyclic) bond motifs is 1. The maximum atomic E-state index is 5.79. The molecule has 3 unspecified atom stereocenters. The maximum Gasteiger partial charge on any atom is 0.00226 e. The van der Waals surface area contributed by atoms with E-state index in [2.05, 4.69) is 11.8 Å². The first-order valence-corrected chi connectivity index (χ1v) is 6.23. The second-order valence-corrected chi connectivity index (χ2v) is 5.33. The van der Waals surface area contributed by atoms with Crippen molar-refractivity contribution in [3.05, 3.63) is 0 Å². The minimum absolute atomic E-state index is 0.373. The highest BCUT2D eigenvalue weighted by molar-refractivity contribution is 4.86. The predicted molar refractivity (Wildman–Crippen MR) is 60.2 cm³/mol. The normalized spacial score (nSPS) is 35.6. The Labute approximate surface area is 87.8 Å². The number of nitrogens with zero attached hydrogens (tertiary/aromatic N) is 1. The van der Waals surface area contributed by atoms with E-state index >= 15 is 0 Å². The molecule has 14 heavy (non-hydrogen) atoms. The van der Waals surface area contributed by atoms with E-state index in [0.717, 1.165) is 11.8 Å². The highest BCUT2D eigenvalue weighted by atomic mass is 15.2. The van der Waals surface area contributed by atoms with Crippen molar-refractivity contribution in [3.63, 3.8) is 0 Å². The van der Waals surface area contributed by atoms with Gasteiger partial charge in [0.15, 0.2) is 0 Å². The van der Waals surface area contributed by atoms with Gasteiger partial charge in [0.2, 0.25) is 0 Å². The van der Waals surface area contributed by atoms with Gasteiger partial charge in [-0.15, -0.1) is 0 Å². The van der Waals surface area contributed by atoms with Crippen LogP contribution in [0.5, 0.6) is 0 Å². The van der Waals surface area contributed by atoms with Crippen LogP contribution in [-0.2, 0) is 0 Å². The van der Waals surface area contributed by atoms with E-state index in [0.29, 0.717) is 6.04 Å². The van der Waals surface area contributed by atoms with Crippen molar-refractivity contribution in [3.8, 4) is 0 Å². The van der Waals surface area contributed by atoms with E-state index in [1.807, 2.05) is 0 Å². The largest absolute Gasteiger partial charge is 0.328 e. The van der Waals surface area contributed by atoms with Gasteiger partial charge < -0.3 is 10.6 Å². The van der Waals surface area contributed by atoms with Gasteiger partial charge in [-0.2, -0.15) is 0 Å². The second-order valence-electron chi connectivity index (χ2n) is 5.33. The Morgan fingerprint density at radius 2 is 1.79 bits per heavy atom. The zero-order chi connectivity index (χ0) is 9.97. The molecule has 0 bridgehead atoms. The van der Waals surface area contributed by atoms with Gasteiger partial charge in [0.1, 0.15) is 0 Å². The molecule has 3 atom stereocenters. The molecule has 0 aromatic heterocycles. The fourth-order valence-electron chi connectivity index (χ4n) is 3.07. The Bertz CT molecular complexity index is 165. The quantitative estimate of drug-likeness (QED) is 0.746. The van der Waals surface area contributed by atoms with Crippen molar-refractivity contribution in [1.29, 1.82) is 0 Å². The highest BCUT2D eigenvalue weighted by Crippen LogP contribution is 2.35. The van der Waals surface area contributed by atoms with Crippen LogP contribution < -0.4 is 5.73 Å². The molecule has 2 N–H and O–H groups in total. The van der Waals surface area contributed by atoms with Gasteiger partial charge in [-0.3, -0.25) is 0 Å². The van der Waals surface area contributed by atoms with Gasteiger partial charge in [-0.25, -0.2) is 0 Å². The van der Waals surface area contributed by atoms with E-state index in [1.165, 1.54) is 51.7 Å². The number of hydrogen-bond donors (Lipinski definition) is 1. The van der Waals surface area contributed by atoms with Crippen molar-refractivity contribution < 1.29 is 0 Å². The van der Waals surface area contributed by atoms with Gasteiger partial charge in [0.05, 0.1) is 0 Å². The van der Waals surface area contributed by atoms with Gasteiger partial charge >= 0.3 is 0 Å². The lowest BCUT2D eigenvalue weighted by Crippen LogP contribution is -2.27. The van der Waals surface area contributed by atoms with Gasteiger partial charge in [-0.05, 0) is 44.6 Å². The summed E-state index contributed by atoms with van der Waals surface area (Å²) in [7, 11) is 0. The van der Waals surface area contributed by atoms with E-state index in [4.69, 9.17) is 5.73 Å². The molecule has 1 heterocycles.